The van der Waals surface area contributed by atoms with Gasteiger partial charge in [-0.1, -0.05) is 43.3 Å². The third-order valence-corrected chi connectivity index (χ3v) is 12.3. The number of sulfone groups is 1. The SMILES string of the molecule is CCS(=O)(=O)c1cccc(OC[C@@H](O)CN(C(=O)OC(C)(C)C)C2COC3(CCN(S(=O)(=O)c4ccc5ccccc5c4)CC3)C2)c1. The summed E-state index contributed by atoms with van der Waals surface area (Å²) in [7, 11) is -7.14. The highest BCUT2D eigenvalue weighted by Crippen LogP contribution is 2.39. The van der Waals surface area contributed by atoms with Crippen LogP contribution in [0.5, 0.6) is 5.75 Å². The summed E-state index contributed by atoms with van der Waals surface area (Å²) >= 11 is 0. The van der Waals surface area contributed by atoms with Crippen LogP contribution in [0.4, 0.5) is 4.79 Å². The minimum absolute atomic E-state index is 0.0484. The maximum Gasteiger partial charge on any atom is 0.410 e. The van der Waals surface area contributed by atoms with Crippen molar-refractivity contribution in [3.05, 3.63) is 66.7 Å². The largest absolute Gasteiger partial charge is 0.491 e. The van der Waals surface area contributed by atoms with Crippen molar-refractivity contribution >= 4 is 36.7 Å². The van der Waals surface area contributed by atoms with Gasteiger partial charge >= 0.3 is 6.09 Å². The van der Waals surface area contributed by atoms with Gasteiger partial charge in [0.25, 0.3) is 0 Å². The molecule has 2 aliphatic heterocycles. The monoisotopic (exact) mass is 688 g/mol. The molecule has 3 aromatic carbocycles. The fourth-order valence-corrected chi connectivity index (χ4v) is 8.46. The predicted molar refractivity (Wildman–Crippen MR) is 178 cm³/mol. The second-order valence-corrected chi connectivity index (χ2v) is 17.5. The second kappa shape index (κ2) is 13.7. The number of nitrogens with zero attached hydrogens (tertiary/aromatic N) is 2. The van der Waals surface area contributed by atoms with Crippen LogP contribution in [0.25, 0.3) is 10.8 Å². The molecule has 1 unspecified atom stereocenters. The number of hydrogen-bond donors (Lipinski definition) is 1. The van der Waals surface area contributed by atoms with Crippen LogP contribution >= 0.6 is 0 Å². The first-order valence-electron chi connectivity index (χ1n) is 15.9. The van der Waals surface area contributed by atoms with E-state index in [1.54, 1.807) is 52.0 Å². The molecule has 256 valence electrons. The Morgan fingerprint density at radius 1 is 1.00 bits per heavy atom. The summed E-state index contributed by atoms with van der Waals surface area (Å²) < 4.78 is 70.8. The van der Waals surface area contributed by atoms with Crippen LogP contribution in [0.15, 0.2) is 76.5 Å². The smallest absolute Gasteiger partial charge is 0.410 e. The predicted octanol–water partition coefficient (Wildman–Crippen LogP) is 4.62. The van der Waals surface area contributed by atoms with E-state index in [4.69, 9.17) is 14.2 Å². The van der Waals surface area contributed by atoms with Gasteiger partial charge in [-0.2, -0.15) is 4.31 Å². The average Bonchev–Trinajstić information content (AvgIpc) is 3.44. The molecule has 0 saturated carbocycles. The molecule has 3 aromatic rings. The Hall–Kier alpha value is -3.23. The minimum atomic E-state index is -3.71. The lowest BCUT2D eigenvalue weighted by molar-refractivity contribution is -0.0329. The minimum Gasteiger partial charge on any atom is -0.491 e. The van der Waals surface area contributed by atoms with Crippen molar-refractivity contribution in [1.29, 1.82) is 0 Å². The molecule has 2 saturated heterocycles. The molecule has 1 spiro atoms. The lowest BCUT2D eigenvalue weighted by atomic mass is 9.88. The van der Waals surface area contributed by atoms with Crippen molar-refractivity contribution in [2.45, 2.75) is 80.1 Å². The van der Waals surface area contributed by atoms with E-state index in [2.05, 4.69) is 0 Å². The molecule has 2 fully saturated rings. The molecule has 47 heavy (non-hydrogen) atoms. The molecule has 0 aromatic heterocycles. The van der Waals surface area contributed by atoms with E-state index in [1.807, 2.05) is 30.3 Å². The number of aliphatic hydroxyl groups is 1. The first kappa shape index (κ1) is 35.1. The Bertz CT molecular complexity index is 1800. The first-order chi connectivity index (χ1) is 22.1. The van der Waals surface area contributed by atoms with Gasteiger partial charge in [-0.15, -0.1) is 0 Å². The lowest BCUT2D eigenvalue weighted by Gasteiger charge is -2.38. The molecule has 2 aliphatic rings. The summed E-state index contributed by atoms with van der Waals surface area (Å²) in [6.07, 6.45) is -0.336. The number of carbonyl (C=O) groups excluding carboxylic acids is 1. The zero-order valence-electron chi connectivity index (χ0n) is 27.3. The lowest BCUT2D eigenvalue weighted by Crippen LogP contribution is -2.50. The Kier molecular flexibility index (Phi) is 10.2. The summed E-state index contributed by atoms with van der Waals surface area (Å²) in [4.78, 5) is 15.2. The number of piperidine rings is 1. The number of fused-ring (bicyclic) bond motifs is 1. The highest BCUT2D eigenvalue weighted by Gasteiger charge is 2.47. The summed E-state index contributed by atoms with van der Waals surface area (Å²) in [6.45, 7) is 7.32. The van der Waals surface area contributed by atoms with Gasteiger partial charge in [0.05, 0.1) is 40.3 Å². The first-order valence-corrected chi connectivity index (χ1v) is 19.0. The zero-order valence-corrected chi connectivity index (χ0v) is 28.9. The molecule has 5 rings (SSSR count). The van der Waals surface area contributed by atoms with Crippen LogP contribution in [0, 0.1) is 0 Å². The van der Waals surface area contributed by atoms with Crippen molar-refractivity contribution in [3.8, 4) is 5.75 Å². The Morgan fingerprint density at radius 3 is 2.38 bits per heavy atom. The molecule has 1 amide bonds. The van der Waals surface area contributed by atoms with Crippen LogP contribution < -0.4 is 4.74 Å². The van der Waals surface area contributed by atoms with Crippen molar-refractivity contribution in [2.24, 2.45) is 0 Å². The molecule has 2 atom stereocenters. The van der Waals surface area contributed by atoms with Gasteiger partial charge in [0, 0.05) is 13.1 Å². The van der Waals surface area contributed by atoms with Crippen LogP contribution in [0.1, 0.15) is 47.0 Å². The molecular formula is C34H44N2O9S2. The van der Waals surface area contributed by atoms with E-state index < -0.39 is 49.3 Å². The Morgan fingerprint density at radius 2 is 1.70 bits per heavy atom. The number of hydrogen-bond acceptors (Lipinski definition) is 9. The van der Waals surface area contributed by atoms with Crippen LogP contribution in [-0.4, -0.2) is 99.2 Å². The van der Waals surface area contributed by atoms with E-state index >= 15 is 0 Å². The van der Waals surface area contributed by atoms with Crippen molar-refractivity contribution in [3.63, 3.8) is 0 Å². The third kappa shape index (κ3) is 8.26. The van der Waals surface area contributed by atoms with Crippen LogP contribution in [0.2, 0.25) is 0 Å². The Balaban J connectivity index is 1.24. The average molecular weight is 689 g/mol. The molecule has 1 N–H and O–H groups in total. The van der Waals surface area contributed by atoms with Gasteiger partial charge in [-0.25, -0.2) is 21.6 Å². The highest BCUT2D eigenvalue weighted by molar-refractivity contribution is 7.91. The van der Waals surface area contributed by atoms with Crippen molar-refractivity contribution < 1.29 is 40.9 Å². The van der Waals surface area contributed by atoms with Gasteiger partial charge in [0.15, 0.2) is 9.84 Å². The number of sulfonamides is 1. The molecular weight excluding hydrogens is 645 g/mol. The van der Waals surface area contributed by atoms with Gasteiger partial charge in [-0.05, 0) is 81.1 Å². The zero-order chi connectivity index (χ0) is 34.0. The van der Waals surface area contributed by atoms with Gasteiger partial charge in [0.2, 0.25) is 10.0 Å². The number of ether oxygens (including phenoxy) is 3. The summed E-state index contributed by atoms with van der Waals surface area (Å²) in [5.41, 5.74) is -1.39. The van der Waals surface area contributed by atoms with Crippen molar-refractivity contribution in [1.82, 2.24) is 9.21 Å². The maximum absolute atomic E-state index is 13.5. The quantitative estimate of drug-likeness (QED) is 0.323. The Labute approximate surface area is 277 Å². The van der Waals surface area contributed by atoms with E-state index in [-0.39, 0.29) is 54.1 Å². The summed E-state index contributed by atoms with van der Waals surface area (Å²) in [5, 5.41) is 12.8. The van der Waals surface area contributed by atoms with Gasteiger partial charge in [0.1, 0.15) is 24.1 Å². The van der Waals surface area contributed by atoms with E-state index in [9.17, 15) is 26.7 Å². The molecule has 13 heteroatoms. The molecule has 0 bridgehead atoms. The number of aliphatic hydroxyl groups excluding tert-OH is 1. The fourth-order valence-electron chi connectivity index (χ4n) is 6.07. The van der Waals surface area contributed by atoms with Gasteiger partial charge in [-0.3, -0.25) is 0 Å². The van der Waals surface area contributed by atoms with Crippen LogP contribution in [-0.2, 0) is 29.3 Å². The second-order valence-electron chi connectivity index (χ2n) is 13.2. The topological polar surface area (TPSA) is 140 Å². The molecule has 0 aliphatic carbocycles. The van der Waals surface area contributed by atoms with Gasteiger partial charge < -0.3 is 24.2 Å². The van der Waals surface area contributed by atoms with E-state index in [0.29, 0.717) is 19.3 Å². The normalized spacial score (nSPS) is 19.5. The van der Waals surface area contributed by atoms with Crippen LogP contribution in [0.3, 0.4) is 0 Å². The molecule has 11 nitrogen and oxygen atoms in total. The summed E-state index contributed by atoms with van der Waals surface area (Å²) in [5.74, 6) is 0.239. The number of rotatable bonds is 10. The molecule has 2 heterocycles. The number of carbonyl (C=O) groups is 1. The molecule has 0 radical (unpaired) electrons. The fraction of sp³-hybridized carbons (Fsp3) is 0.500. The number of benzene rings is 3. The maximum atomic E-state index is 13.5. The number of amides is 1. The van der Waals surface area contributed by atoms with E-state index in [1.165, 1.54) is 21.3 Å². The van der Waals surface area contributed by atoms with Crippen molar-refractivity contribution in [2.75, 3.05) is 38.6 Å². The summed E-state index contributed by atoms with van der Waals surface area (Å²) in [6, 6.07) is 18.5. The van der Waals surface area contributed by atoms with E-state index in [0.717, 1.165) is 10.8 Å². The third-order valence-electron chi connectivity index (χ3n) is 8.65. The standard InChI is InChI=1S/C34H44N2O9S2/c1-5-46(39,40)30-12-8-11-29(20-30)43-24-28(37)22-36(32(38)45-33(2,3)4)27-21-34(44-23-27)15-17-35(18-16-34)47(41,42)31-14-13-25-9-6-7-10-26(25)19-31/h6-14,19-20,27-28,37H,5,15-18,21-24H2,1-4H3/t27?,28-/m0/s1. The highest BCUT2D eigenvalue weighted by atomic mass is 32.2.